The van der Waals surface area contributed by atoms with Crippen LogP contribution < -0.4 is 15.5 Å². The molecule has 2 aromatic rings. The number of amides is 2. The minimum absolute atomic E-state index is 0.480. The molecule has 0 unspecified atom stereocenters. The minimum Gasteiger partial charge on any atom is -0.372 e. The molecule has 1 fully saturated rings. The van der Waals surface area contributed by atoms with Crippen molar-refractivity contribution in [1.82, 2.24) is 5.32 Å². The van der Waals surface area contributed by atoms with Gasteiger partial charge < -0.3 is 15.5 Å². The van der Waals surface area contributed by atoms with Gasteiger partial charge in [0, 0.05) is 31.0 Å². The molecular formula is C24H31N3O2. The van der Waals surface area contributed by atoms with E-state index in [4.69, 9.17) is 0 Å². The topological polar surface area (TPSA) is 61.4 Å². The first-order valence-electron chi connectivity index (χ1n) is 10.6. The summed E-state index contributed by atoms with van der Waals surface area (Å²) >= 11 is 0. The average Bonchev–Trinajstić information content (AvgIpc) is 3.03. The van der Waals surface area contributed by atoms with Gasteiger partial charge >= 0.3 is 11.8 Å². The van der Waals surface area contributed by atoms with E-state index >= 15 is 0 Å². The van der Waals surface area contributed by atoms with Gasteiger partial charge in [-0.2, -0.15) is 0 Å². The molecule has 0 atom stereocenters. The van der Waals surface area contributed by atoms with Gasteiger partial charge in [0.2, 0.25) is 0 Å². The summed E-state index contributed by atoms with van der Waals surface area (Å²) in [5.74, 6) is -1.22. The second-order valence-electron chi connectivity index (χ2n) is 7.70. The van der Waals surface area contributed by atoms with Gasteiger partial charge in [0.25, 0.3) is 0 Å². The van der Waals surface area contributed by atoms with Crippen LogP contribution in [0.25, 0.3) is 0 Å². The van der Waals surface area contributed by atoms with E-state index in [-0.39, 0.29) is 0 Å². The maximum atomic E-state index is 12.0. The first-order chi connectivity index (χ1) is 14.1. The molecule has 0 bridgehead atoms. The van der Waals surface area contributed by atoms with E-state index in [1.165, 1.54) is 36.9 Å². The van der Waals surface area contributed by atoms with Crippen molar-refractivity contribution < 1.29 is 9.59 Å². The van der Waals surface area contributed by atoms with Gasteiger partial charge in [-0.1, -0.05) is 43.2 Å². The normalized spacial score (nSPS) is 14.2. The highest BCUT2D eigenvalue weighted by molar-refractivity contribution is 6.39. The monoisotopic (exact) mass is 393 g/mol. The Labute approximate surface area is 173 Å². The summed E-state index contributed by atoms with van der Waals surface area (Å²) in [7, 11) is 0. The zero-order chi connectivity index (χ0) is 20.5. The van der Waals surface area contributed by atoms with E-state index in [2.05, 4.69) is 39.8 Å². The lowest BCUT2D eigenvalue weighted by molar-refractivity contribution is -0.136. The molecule has 2 aromatic carbocycles. The van der Waals surface area contributed by atoms with Crippen LogP contribution in [0, 0.1) is 6.92 Å². The predicted octanol–water partition coefficient (Wildman–Crippen LogP) is 4.06. The van der Waals surface area contributed by atoms with E-state index in [9.17, 15) is 9.59 Å². The average molecular weight is 394 g/mol. The maximum absolute atomic E-state index is 12.0. The number of aryl methyl sites for hydroxylation is 2. The van der Waals surface area contributed by atoms with Crippen LogP contribution in [0.1, 0.15) is 43.2 Å². The molecule has 0 spiro atoms. The summed E-state index contributed by atoms with van der Waals surface area (Å²) in [4.78, 5) is 26.5. The second kappa shape index (κ2) is 10.6. The molecule has 3 rings (SSSR count). The molecule has 0 radical (unpaired) electrons. The fraction of sp³-hybridized carbons (Fsp3) is 0.417. The number of carbonyl (C=O) groups is 2. The number of carbonyl (C=O) groups excluding carboxylic acids is 2. The van der Waals surface area contributed by atoms with Crippen molar-refractivity contribution in [2.45, 2.75) is 45.4 Å². The smallest absolute Gasteiger partial charge is 0.313 e. The predicted molar refractivity (Wildman–Crippen MR) is 118 cm³/mol. The van der Waals surface area contributed by atoms with Gasteiger partial charge in [-0.05, 0) is 61.9 Å². The lowest BCUT2D eigenvalue weighted by atomic mass is 10.1. The van der Waals surface area contributed by atoms with Crippen LogP contribution in [0.4, 0.5) is 11.4 Å². The standard InChI is InChI=1S/C24H31N3O2/c1-19-9-4-5-11-22(19)26-24(29)23(28)25-16-8-10-20-12-14-21(15-13-20)27-17-6-2-3-7-18-27/h4-5,9,11-15H,2-3,6-8,10,16-18H2,1H3,(H,25,28)(H,26,29). The first-order valence-corrected chi connectivity index (χ1v) is 10.6. The van der Waals surface area contributed by atoms with Gasteiger partial charge in [-0.15, -0.1) is 0 Å². The molecule has 1 aliphatic rings. The summed E-state index contributed by atoms with van der Waals surface area (Å²) in [6, 6.07) is 16.2. The van der Waals surface area contributed by atoms with E-state index in [1.807, 2.05) is 25.1 Å². The molecule has 154 valence electrons. The number of hydrogen-bond acceptors (Lipinski definition) is 3. The summed E-state index contributed by atoms with van der Waals surface area (Å²) in [5, 5.41) is 5.36. The Hall–Kier alpha value is -2.82. The van der Waals surface area contributed by atoms with Crippen molar-refractivity contribution in [2.75, 3.05) is 29.9 Å². The van der Waals surface area contributed by atoms with Gasteiger partial charge in [-0.3, -0.25) is 9.59 Å². The minimum atomic E-state index is -0.624. The third-order valence-corrected chi connectivity index (χ3v) is 5.43. The van der Waals surface area contributed by atoms with E-state index < -0.39 is 11.8 Å². The summed E-state index contributed by atoms with van der Waals surface area (Å²) in [6.45, 7) is 4.67. The Balaban J connectivity index is 1.39. The summed E-state index contributed by atoms with van der Waals surface area (Å²) < 4.78 is 0. The van der Waals surface area contributed by atoms with Crippen LogP contribution in [-0.4, -0.2) is 31.4 Å². The van der Waals surface area contributed by atoms with Crippen molar-refractivity contribution in [3.8, 4) is 0 Å². The lowest BCUT2D eigenvalue weighted by Crippen LogP contribution is -2.36. The van der Waals surface area contributed by atoms with Gasteiger partial charge in [0.05, 0.1) is 0 Å². The van der Waals surface area contributed by atoms with E-state index in [0.29, 0.717) is 12.2 Å². The number of nitrogens with zero attached hydrogens (tertiary/aromatic N) is 1. The Bertz CT molecular complexity index is 809. The van der Waals surface area contributed by atoms with E-state index in [1.54, 1.807) is 6.07 Å². The first kappa shape index (κ1) is 20.9. The van der Waals surface area contributed by atoms with Crippen molar-refractivity contribution in [3.63, 3.8) is 0 Å². The van der Waals surface area contributed by atoms with Crippen LogP contribution in [0.15, 0.2) is 48.5 Å². The van der Waals surface area contributed by atoms with Gasteiger partial charge in [0.15, 0.2) is 0 Å². The number of anilines is 2. The second-order valence-corrected chi connectivity index (χ2v) is 7.70. The molecule has 0 aliphatic carbocycles. The number of nitrogens with one attached hydrogen (secondary N) is 2. The molecule has 0 saturated carbocycles. The highest BCUT2D eigenvalue weighted by Gasteiger charge is 2.14. The quantitative estimate of drug-likeness (QED) is 0.575. The third kappa shape index (κ3) is 6.34. The number of para-hydroxylation sites is 1. The van der Waals surface area contributed by atoms with Crippen molar-refractivity contribution in [1.29, 1.82) is 0 Å². The van der Waals surface area contributed by atoms with Crippen LogP contribution >= 0.6 is 0 Å². The number of rotatable bonds is 6. The van der Waals surface area contributed by atoms with Crippen molar-refractivity contribution in [3.05, 3.63) is 59.7 Å². The molecule has 2 N–H and O–H groups in total. The number of hydrogen-bond donors (Lipinski definition) is 2. The van der Waals surface area contributed by atoms with Gasteiger partial charge in [-0.25, -0.2) is 0 Å². The van der Waals surface area contributed by atoms with Crippen molar-refractivity contribution in [2.24, 2.45) is 0 Å². The molecular weight excluding hydrogens is 362 g/mol. The van der Waals surface area contributed by atoms with Crippen molar-refractivity contribution >= 4 is 23.2 Å². The zero-order valence-corrected chi connectivity index (χ0v) is 17.2. The van der Waals surface area contributed by atoms with Gasteiger partial charge in [0.1, 0.15) is 0 Å². The molecule has 29 heavy (non-hydrogen) atoms. The highest BCUT2D eigenvalue weighted by atomic mass is 16.2. The molecule has 1 heterocycles. The molecule has 0 aromatic heterocycles. The molecule has 1 aliphatic heterocycles. The molecule has 5 nitrogen and oxygen atoms in total. The summed E-state index contributed by atoms with van der Waals surface area (Å²) in [5.41, 5.74) is 4.15. The Morgan fingerprint density at radius 1 is 0.897 bits per heavy atom. The molecule has 1 saturated heterocycles. The Kier molecular flexibility index (Phi) is 7.68. The lowest BCUT2D eigenvalue weighted by Gasteiger charge is -2.22. The zero-order valence-electron chi connectivity index (χ0n) is 17.2. The van der Waals surface area contributed by atoms with Crippen LogP contribution in [-0.2, 0) is 16.0 Å². The van der Waals surface area contributed by atoms with Crippen LogP contribution in [0.2, 0.25) is 0 Å². The summed E-state index contributed by atoms with van der Waals surface area (Å²) in [6.07, 6.45) is 6.90. The van der Waals surface area contributed by atoms with E-state index in [0.717, 1.165) is 31.5 Å². The Morgan fingerprint density at radius 3 is 2.28 bits per heavy atom. The fourth-order valence-electron chi connectivity index (χ4n) is 3.67. The molecule has 5 heteroatoms. The molecule has 2 amide bonds. The fourth-order valence-corrected chi connectivity index (χ4v) is 3.67. The maximum Gasteiger partial charge on any atom is 0.313 e. The third-order valence-electron chi connectivity index (χ3n) is 5.43. The van der Waals surface area contributed by atoms with Crippen LogP contribution in [0.3, 0.4) is 0 Å². The Morgan fingerprint density at radius 2 is 1.59 bits per heavy atom. The number of benzene rings is 2. The highest BCUT2D eigenvalue weighted by Crippen LogP contribution is 2.20. The SMILES string of the molecule is Cc1ccccc1NC(=O)C(=O)NCCCc1ccc(N2CCCCCC2)cc1. The van der Waals surface area contributed by atoms with Crippen LogP contribution in [0.5, 0.6) is 0 Å². The largest absolute Gasteiger partial charge is 0.372 e.